The van der Waals surface area contributed by atoms with E-state index in [0.29, 0.717) is 15.9 Å². The number of rotatable bonds is 2. The fourth-order valence-corrected chi connectivity index (χ4v) is 3.70. The van der Waals surface area contributed by atoms with Gasteiger partial charge in [0.15, 0.2) is 0 Å². The molecule has 0 radical (unpaired) electrons. The predicted octanol–water partition coefficient (Wildman–Crippen LogP) is 3.32. The Hall–Kier alpha value is -2.11. The van der Waals surface area contributed by atoms with Crippen molar-refractivity contribution in [1.82, 2.24) is 4.98 Å². The van der Waals surface area contributed by atoms with Gasteiger partial charge in [0.1, 0.15) is 4.90 Å². The Bertz CT molecular complexity index is 1020. The second-order valence-corrected chi connectivity index (χ2v) is 7.34. The third-order valence-corrected chi connectivity index (χ3v) is 5.44. The van der Waals surface area contributed by atoms with Gasteiger partial charge in [-0.15, -0.1) is 0 Å². The average Bonchev–Trinajstić information content (AvgIpc) is 2.48. The quantitative estimate of drug-likeness (QED) is 0.782. The molecule has 0 spiro atoms. The molecule has 1 aromatic heterocycles. The van der Waals surface area contributed by atoms with Crippen molar-refractivity contribution >= 4 is 32.3 Å². The smallest absolute Gasteiger partial charge is 0.211 e. The van der Waals surface area contributed by atoms with Crippen molar-refractivity contribution in [3.63, 3.8) is 0 Å². The van der Waals surface area contributed by atoms with Gasteiger partial charge >= 0.3 is 0 Å². The first kappa shape index (κ1) is 14.8. The summed E-state index contributed by atoms with van der Waals surface area (Å²) >= 11 is 5.77. The van der Waals surface area contributed by atoms with Crippen LogP contribution in [0.4, 0.5) is 0 Å². The summed E-state index contributed by atoms with van der Waals surface area (Å²) in [6.45, 7) is 1.85. The van der Waals surface area contributed by atoms with E-state index in [4.69, 9.17) is 11.6 Å². The van der Waals surface area contributed by atoms with Gasteiger partial charge in [-0.05, 0) is 43.3 Å². The number of benzene rings is 2. The van der Waals surface area contributed by atoms with Crippen LogP contribution in [0.3, 0.4) is 0 Å². The Labute approximate surface area is 132 Å². The first-order valence-corrected chi connectivity index (χ1v) is 8.38. The lowest BCUT2D eigenvalue weighted by Gasteiger charge is -2.06. The number of aromatic nitrogens is 1. The Morgan fingerprint density at radius 3 is 2.41 bits per heavy atom. The molecule has 0 fully saturated rings. The second kappa shape index (κ2) is 5.26. The van der Waals surface area contributed by atoms with Crippen molar-refractivity contribution in [3.05, 3.63) is 69.5 Å². The molecule has 0 aliphatic rings. The van der Waals surface area contributed by atoms with Crippen molar-refractivity contribution in [2.45, 2.75) is 16.7 Å². The van der Waals surface area contributed by atoms with E-state index >= 15 is 0 Å². The van der Waals surface area contributed by atoms with E-state index in [9.17, 15) is 13.2 Å². The number of aryl methyl sites for hydroxylation is 1. The Morgan fingerprint density at radius 2 is 1.73 bits per heavy atom. The maximum atomic E-state index is 12.6. The van der Waals surface area contributed by atoms with Gasteiger partial charge in [-0.3, -0.25) is 4.79 Å². The van der Waals surface area contributed by atoms with Crippen molar-refractivity contribution < 1.29 is 8.42 Å². The lowest BCUT2D eigenvalue weighted by atomic mass is 10.1. The number of H-pyrrole nitrogens is 1. The molecule has 6 heteroatoms. The topological polar surface area (TPSA) is 67.0 Å². The summed E-state index contributed by atoms with van der Waals surface area (Å²) < 4.78 is 25.3. The fraction of sp³-hybridized carbons (Fsp3) is 0.0625. The van der Waals surface area contributed by atoms with Gasteiger partial charge in [-0.2, -0.15) is 0 Å². The predicted molar refractivity (Wildman–Crippen MR) is 86.2 cm³/mol. The molecule has 22 heavy (non-hydrogen) atoms. The zero-order chi connectivity index (χ0) is 15.9. The number of halogens is 1. The molecule has 0 amide bonds. The summed E-state index contributed by atoms with van der Waals surface area (Å²) in [5.74, 6) is 0. The summed E-state index contributed by atoms with van der Waals surface area (Å²) in [5, 5.41) is 0.789. The van der Waals surface area contributed by atoms with Gasteiger partial charge in [-0.25, -0.2) is 8.42 Å². The summed E-state index contributed by atoms with van der Waals surface area (Å²) in [7, 11) is -3.89. The van der Waals surface area contributed by atoms with Crippen molar-refractivity contribution in [1.29, 1.82) is 0 Å². The molecule has 2 aromatic carbocycles. The van der Waals surface area contributed by atoms with Crippen LogP contribution in [0.5, 0.6) is 0 Å². The van der Waals surface area contributed by atoms with Crippen LogP contribution in [0.2, 0.25) is 5.02 Å². The van der Waals surface area contributed by atoms with E-state index in [0.717, 1.165) is 5.56 Å². The molecule has 3 rings (SSSR count). The third kappa shape index (κ3) is 2.42. The van der Waals surface area contributed by atoms with E-state index in [1.54, 1.807) is 12.1 Å². The summed E-state index contributed by atoms with van der Waals surface area (Å²) in [5.41, 5.74) is 0.983. The Balaban J connectivity index is 2.27. The number of aromatic amines is 1. The van der Waals surface area contributed by atoms with Gasteiger partial charge in [0.2, 0.25) is 15.3 Å². The van der Waals surface area contributed by atoms with Crippen LogP contribution in [-0.2, 0) is 9.84 Å². The van der Waals surface area contributed by atoms with E-state index in [2.05, 4.69) is 4.98 Å². The zero-order valence-electron chi connectivity index (χ0n) is 11.6. The lowest BCUT2D eigenvalue weighted by molar-refractivity contribution is 0.595. The van der Waals surface area contributed by atoms with E-state index in [1.807, 2.05) is 13.0 Å². The molecule has 1 N–H and O–H groups in total. The molecule has 0 bridgehead atoms. The standard InChI is InChI=1S/C16H12ClNO3S/c1-10-2-7-14-13(8-10)16(19)15(9-18-14)22(20,21)12-5-3-11(17)4-6-12/h2-9H,1H3,(H,18,19). The van der Waals surface area contributed by atoms with Gasteiger partial charge in [0.05, 0.1) is 4.90 Å². The second-order valence-electron chi connectivity index (χ2n) is 4.99. The Morgan fingerprint density at radius 1 is 1.05 bits per heavy atom. The van der Waals surface area contributed by atoms with Gasteiger partial charge in [-0.1, -0.05) is 23.2 Å². The van der Waals surface area contributed by atoms with Gasteiger partial charge in [0.25, 0.3) is 0 Å². The van der Waals surface area contributed by atoms with Crippen molar-refractivity contribution in [2.75, 3.05) is 0 Å². The highest BCUT2D eigenvalue weighted by atomic mass is 35.5. The molecule has 4 nitrogen and oxygen atoms in total. The number of pyridine rings is 1. The molecule has 0 saturated carbocycles. The summed E-state index contributed by atoms with van der Waals surface area (Å²) in [6.07, 6.45) is 1.24. The largest absolute Gasteiger partial charge is 0.360 e. The molecule has 0 saturated heterocycles. The lowest BCUT2D eigenvalue weighted by Crippen LogP contribution is -2.16. The van der Waals surface area contributed by atoms with E-state index in [-0.39, 0.29) is 9.79 Å². The molecule has 112 valence electrons. The monoisotopic (exact) mass is 333 g/mol. The van der Waals surface area contributed by atoms with Crippen LogP contribution in [0, 0.1) is 6.92 Å². The molecule has 0 atom stereocenters. The number of nitrogens with one attached hydrogen (secondary N) is 1. The number of hydrogen-bond donors (Lipinski definition) is 1. The van der Waals surface area contributed by atoms with Crippen LogP contribution >= 0.6 is 11.6 Å². The summed E-state index contributed by atoms with van der Waals surface area (Å²) in [6, 6.07) is 11.0. The Kier molecular flexibility index (Phi) is 3.54. The molecule has 1 heterocycles. The minimum absolute atomic E-state index is 0.0365. The molecule has 0 aliphatic carbocycles. The number of sulfone groups is 1. The highest BCUT2D eigenvalue weighted by molar-refractivity contribution is 7.91. The average molecular weight is 334 g/mol. The van der Waals surface area contributed by atoms with E-state index < -0.39 is 15.3 Å². The third-order valence-electron chi connectivity index (χ3n) is 3.42. The maximum Gasteiger partial charge on any atom is 0.211 e. The highest BCUT2D eigenvalue weighted by Gasteiger charge is 2.22. The van der Waals surface area contributed by atoms with Crippen molar-refractivity contribution in [2.24, 2.45) is 0 Å². The first-order chi connectivity index (χ1) is 10.4. The van der Waals surface area contributed by atoms with Gasteiger partial charge in [0, 0.05) is 22.1 Å². The molecular formula is C16H12ClNO3S. The van der Waals surface area contributed by atoms with Crippen LogP contribution in [0.25, 0.3) is 10.9 Å². The van der Waals surface area contributed by atoms with Crippen LogP contribution in [0.1, 0.15) is 5.56 Å². The summed E-state index contributed by atoms with van der Waals surface area (Å²) in [4.78, 5) is 15.2. The highest BCUT2D eigenvalue weighted by Crippen LogP contribution is 2.21. The SMILES string of the molecule is Cc1ccc2[nH]cc(S(=O)(=O)c3ccc(Cl)cc3)c(=O)c2c1. The zero-order valence-corrected chi connectivity index (χ0v) is 13.2. The number of fused-ring (bicyclic) bond motifs is 1. The fourth-order valence-electron chi connectivity index (χ4n) is 2.25. The minimum Gasteiger partial charge on any atom is -0.360 e. The molecule has 3 aromatic rings. The molecular weight excluding hydrogens is 322 g/mol. The number of hydrogen-bond acceptors (Lipinski definition) is 3. The first-order valence-electron chi connectivity index (χ1n) is 6.52. The maximum absolute atomic E-state index is 12.6. The van der Waals surface area contributed by atoms with Gasteiger partial charge < -0.3 is 4.98 Å². The minimum atomic E-state index is -3.89. The van der Waals surface area contributed by atoms with Crippen LogP contribution < -0.4 is 5.43 Å². The molecule has 0 unspecified atom stereocenters. The van der Waals surface area contributed by atoms with Crippen LogP contribution in [0.15, 0.2) is 63.2 Å². The van der Waals surface area contributed by atoms with Crippen LogP contribution in [-0.4, -0.2) is 13.4 Å². The molecule has 0 aliphatic heterocycles. The van der Waals surface area contributed by atoms with Crippen molar-refractivity contribution in [3.8, 4) is 0 Å². The van der Waals surface area contributed by atoms with E-state index in [1.165, 1.54) is 30.5 Å². The normalized spacial score (nSPS) is 11.7.